The molecule has 6 heteroatoms. The minimum Gasteiger partial charge on any atom is -0.376 e. The lowest BCUT2D eigenvalue weighted by molar-refractivity contribution is 0.0578. The maximum absolute atomic E-state index is 12.1. The van der Waals surface area contributed by atoms with E-state index in [1.807, 2.05) is 0 Å². The Kier molecular flexibility index (Phi) is 3.03. The molecule has 2 aliphatic rings. The standard InChI is InChI=1S/C12H18N4O2/c1-16(7-9-3-2-6-18-9)12(17)11-13-10(14-15-11)8-4-5-8/h8-9H,2-7H2,1H3,(H,13,14,15). The molecule has 1 saturated carbocycles. The number of nitrogens with one attached hydrogen (secondary N) is 1. The van der Waals surface area contributed by atoms with Gasteiger partial charge in [0.05, 0.1) is 6.10 Å². The van der Waals surface area contributed by atoms with Crippen molar-refractivity contribution in [2.75, 3.05) is 20.2 Å². The molecule has 1 aliphatic carbocycles. The van der Waals surface area contributed by atoms with Crippen molar-refractivity contribution in [3.8, 4) is 0 Å². The van der Waals surface area contributed by atoms with Gasteiger partial charge < -0.3 is 9.64 Å². The van der Waals surface area contributed by atoms with Crippen LogP contribution in [0.4, 0.5) is 0 Å². The molecule has 0 radical (unpaired) electrons. The van der Waals surface area contributed by atoms with Crippen molar-refractivity contribution < 1.29 is 9.53 Å². The molecule has 0 aromatic carbocycles. The molecule has 0 bridgehead atoms. The van der Waals surface area contributed by atoms with Gasteiger partial charge in [-0.15, -0.1) is 5.10 Å². The number of likely N-dealkylation sites (N-methyl/N-ethyl adjacent to an activating group) is 1. The Morgan fingerprint density at radius 3 is 3.00 bits per heavy atom. The molecular weight excluding hydrogens is 232 g/mol. The van der Waals surface area contributed by atoms with Crippen LogP contribution in [0.2, 0.25) is 0 Å². The zero-order valence-electron chi connectivity index (χ0n) is 10.6. The van der Waals surface area contributed by atoms with Crippen molar-refractivity contribution in [2.24, 2.45) is 0 Å². The smallest absolute Gasteiger partial charge is 0.293 e. The molecule has 1 atom stereocenters. The average Bonchev–Trinajstić information content (AvgIpc) is 2.91. The average molecular weight is 250 g/mol. The van der Waals surface area contributed by atoms with Gasteiger partial charge in [0.25, 0.3) is 5.91 Å². The summed E-state index contributed by atoms with van der Waals surface area (Å²) in [7, 11) is 1.77. The second-order valence-corrected chi connectivity index (χ2v) is 5.14. The molecule has 1 aromatic heterocycles. The van der Waals surface area contributed by atoms with Crippen LogP contribution in [0.15, 0.2) is 0 Å². The Labute approximate surface area is 106 Å². The van der Waals surface area contributed by atoms with Crippen molar-refractivity contribution in [2.45, 2.75) is 37.7 Å². The monoisotopic (exact) mass is 250 g/mol. The fourth-order valence-electron chi connectivity index (χ4n) is 2.26. The van der Waals surface area contributed by atoms with E-state index in [2.05, 4.69) is 15.2 Å². The van der Waals surface area contributed by atoms with Crippen molar-refractivity contribution in [3.63, 3.8) is 0 Å². The summed E-state index contributed by atoms with van der Waals surface area (Å²) in [4.78, 5) is 18.0. The number of H-pyrrole nitrogens is 1. The van der Waals surface area contributed by atoms with Crippen LogP contribution in [0.25, 0.3) is 0 Å². The van der Waals surface area contributed by atoms with Crippen molar-refractivity contribution in [3.05, 3.63) is 11.6 Å². The third kappa shape index (κ3) is 2.38. The number of rotatable bonds is 4. The molecule has 6 nitrogen and oxygen atoms in total. The highest BCUT2D eigenvalue weighted by molar-refractivity contribution is 5.90. The van der Waals surface area contributed by atoms with E-state index in [1.165, 1.54) is 0 Å². The van der Waals surface area contributed by atoms with E-state index in [0.29, 0.717) is 12.5 Å². The molecule has 2 heterocycles. The van der Waals surface area contributed by atoms with Gasteiger partial charge in [-0.1, -0.05) is 0 Å². The summed E-state index contributed by atoms with van der Waals surface area (Å²) in [5.41, 5.74) is 0. The molecule has 98 valence electrons. The van der Waals surface area contributed by atoms with E-state index in [9.17, 15) is 4.79 Å². The molecule has 1 saturated heterocycles. The van der Waals surface area contributed by atoms with Gasteiger partial charge in [0.1, 0.15) is 5.82 Å². The molecule has 1 N–H and O–H groups in total. The first-order valence-electron chi connectivity index (χ1n) is 6.53. The molecule has 1 unspecified atom stereocenters. The first-order valence-corrected chi connectivity index (χ1v) is 6.53. The normalized spacial score (nSPS) is 23.3. The van der Waals surface area contributed by atoms with E-state index < -0.39 is 0 Å². The molecular formula is C12H18N4O2. The second kappa shape index (κ2) is 4.68. The number of aromatic nitrogens is 3. The SMILES string of the molecule is CN(CC1CCCO1)C(=O)c1n[nH]c(C2CC2)n1. The zero-order chi connectivity index (χ0) is 12.5. The highest BCUT2D eigenvalue weighted by Crippen LogP contribution is 2.37. The summed E-state index contributed by atoms with van der Waals surface area (Å²) < 4.78 is 5.52. The molecule has 3 rings (SSSR count). The summed E-state index contributed by atoms with van der Waals surface area (Å²) in [6.45, 7) is 1.42. The first kappa shape index (κ1) is 11.6. The lowest BCUT2D eigenvalue weighted by Gasteiger charge is -2.19. The van der Waals surface area contributed by atoms with Crippen LogP contribution < -0.4 is 0 Å². The predicted octanol–water partition coefficient (Wildman–Crippen LogP) is 0.933. The number of nitrogens with zero attached hydrogens (tertiary/aromatic N) is 3. The minimum absolute atomic E-state index is 0.131. The van der Waals surface area contributed by atoms with Gasteiger partial charge in [0.15, 0.2) is 0 Å². The number of carbonyl (C=O) groups excluding carboxylic acids is 1. The number of ether oxygens (including phenoxy) is 1. The van der Waals surface area contributed by atoms with E-state index in [4.69, 9.17) is 4.74 Å². The summed E-state index contributed by atoms with van der Waals surface area (Å²) >= 11 is 0. The Hall–Kier alpha value is -1.43. The lowest BCUT2D eigenvalue weighted by atomic mass is 10.2. The van der Waals surface area contributed by atoms with Crippen LogP contribution >= 0.6 is 0 Å². The molecule has 0 spiro atoms. The van der Waals surface area contributed by atoms with Crippen LogP contribution in [0, 0.1) is 0 Å². The maximum atomic E-state index is 12.1. The van der Waals surface area contributed by atoms with Crippen LogP contribution in [0.3, 0.4) is 0 Å². The Balaban J connectivity index is 1.60. The third-order valence-corrected chi connectivity index (χ3v) is 3.51. The Morgan fingerprint density at radius 1 is 1.50 bits per heavy atom. The highest BCUT2D eigenvalue weighted by Gasteiger charge is 2.29. The summed E-state index contributed by atoms with van der Waals surface area (Å²) in [5.74, 6) is 1.48. The van der Waals surface area contributed by atoms with Gasteiger partial charge >= 0.3 is 0 Å². The van der Waals surface area contributed by atoms with Gasteiger partial charge in [-0.2, -0.15) is 0 Å². The van der Waals surface area contributed by atoms with Gasteiger partial charge in [-0.05, 0) is 25.7 Å². The van der Waals surface area contributed by atoms with E-state index in [1.54, 1.807) is 11.9 Å². The summed E-state index contributed by atoms with van der Waals surface area (Å²) in [6.07, 6.45) is 4.57. The number of hydrogen-bond donors (Lipinski definition) is 1. The number of amides is 1. The third-order valence-electron chi connectivity index (χ3n) is 3.51. The zero-order valence-corrected chi connectivity index (χ0v) is 10.6. The Morgan fingerprint density at radius 2 is 2.33 bits per heavy atom. The van der Waals surface area contributed by atoms with E-state index >= 15 is 0 Å². The van der Waals surface area contributed by atoms with Gasteiger partial charge in [-0.3, -0.25) is 9.89 Å². The van der Waals surface area contributed by atoms with Crippen LogP contribution in [0.1, 0.15) is 48.0 Å². The Bertz CT molecular complexity index is 435. The van der Waals surface area contributed by atoms with E-state index in [0.717, 1.165) is 38.1 Å². The number of hydrogen-bond acceptors (Lipinski definition) is 4. The second-order valence-electron chi connectivity index (χ2n) is 5.14. The molecule has 2 fully saturated rings. The predicted molar refractivity (Wildman–Crippen MR) is 64.3 cm³/mol. The number of carbonyl (C=O) groups is 1. The molecule has 18 heavy (non-hydrogen) atoms. The first-order chi connectivity index (χ1) is 8.74. The van der Waals surface area contributed by atoms with Gasteiger partial charge in [-0.25, -0.2) is 4.98 Å². The highest BCUT2D eigenvalue weighted by atomic mass is 16.5. The van der Waals surface area contributed by atoms with Crippen LogP contribution in [-0.2, 0) is 4.74 Å². The van der Waals surface area contributed by atoms with Gasteiger partial charge in [0.2, 0.25) is 5.82 Å². The molecule has 1 amide bonds. The van der Waals surface area contributed by atoms with Crippen LogP contribution in [-0.4, -0.2) is 52.3 Å². The molecule has 1 aromatic rings. The summed E-state index contributed by atoms with van der Waals surface area (Å²) in [5, 5.41) is 6.86. The minimum atomic E-state index is -0.131. The molecule has 1 aliphatic heterocycles. The van der Waals surface area contributed by atoms with Crippen LogP contribution in [0.5, 0.6) is 0 Å². The maximum Gasteiger partial charge on any atom is 0.293 e. The topological polar surface area (TPSA) is 71.1 Å². The quantitative estimate of drug-likeness (QED) is 0.863. The summed E-state index contributed by atoms with van der Waals surface area (Å²) in [6, 6.07) is 0. The largest absolute Gasteiger partial charge is 0.376 e. The van der Waals surface area contributed by atoms with Crippen molar-refractivity contribution in [1.29, 1.82) is 0 Å². The van der Waals surface area contributed by atoms with Crippen molar-refractivity contribution >= 4 is 5.91 Å². The van der Waals surface area contributed by atoms with Gasteiger partial charge in [0, 0.05) is 26.1 Å². The van der Waals surface area contributed by atoms with Crippen molar-refractivity contribution in [1.82, 2.24) is 20.1 Å². The fraction of sp³-hybridized carbons (Fsp3) is 0.750. The lowest BCUT2D eigenvalue weighted by Crippen LogP contribution is -2.34. The number of aromatic amines is 1. The van der Waals surface area contributed by atoms with E-state index in [-0.39, 0.29) is 17.8 Å². The fourth-order valence-corrected chi connectivity index (χ4v) is 2.26.